The van der Waals surface area contributed by atoms with Crippen LogP contribution in [0.15, 0.2) is 28.8 Å². The van der Waals surface area contributed by atoms with Crippen molar-refractivity contribution in [1.29, 1.82) is 0 Å². The number of amides is 2. The lowest BCUT2D eigenvalue weighted by atomic mass is 10.2. The fourth-order valence-corrected chi connectivity index (χ4v) is 2.97. The van der Waals surface area contributed by atoms with Gasteiger partial charge in [0.1, 0.15) is 12.3 Å². The van der Waals surface area contributed by atoms with Crippen LogP contribution in [0.25, 0.3) is 0 Å². The van der Waals surface area contributed by atoms with Crippen molar-refractivity contribution in [2.75, 3.05) is 19.7 Å². The molecule has 3 aromatic rings. The molecule has 0 aliphatic carbocycles. The van der Waals surface area contributed by atoms with Crippen LogP contribution in [0.1, 0.15) is 45.2 Å². The Hall–Kier alpha value is -3.40. The molecule has 31 heavy (non-hydrogen) atoms. The number of hydrogen-bond donors (Lipinski definition) is 2. The Labute approximate surface area is 183 Å². The van der Waals surface area contributed by atoms with E-state index in [1.807, 2.05) is 13.8 Å². The predicted octanol–water partition coefficient (Wildman–Crippen LogP) is 2.14. The minimum Gasteiger partial charge on any atom is -0.493 e. The zero-order valence-electron chi connectivity index (χ0n) is 17.4. The van der Waals surface area contributed by atoms with E-state index in [2.05, 4.69) is 25.9 Å². The second-order valence-corrected chi connectivity index (χ2v) is 6.98. The molecule has 0 unspecified atom stereocenters. The third kappa shape index (κ3) is 5.40. The number of carbonyl (C=O) groups excluding carboxylic acids is 2. The van der Waals surface area contributed by atoms with Crippen molar-refractivity contribution >= 4 is 23.4 Å². The molecule has 2 N–H and O–H groups in total. The van der Waals surface area contributed by atoms with Crippen molar-refractivity contribution in [2.24, 2.45) is 0 Å². The fourth-order valence-electron chi connectivity index (χ4n) is 2.83. The van der Waals surface area contributed by atoms with Gasteiger partial charge >= 0.3 is 11.8 Å². The molecule has 0 saturated heterocycles. The number of aryl methyl sites for hydroxylation is 1. The zero-order valence-corrected chi connectivity index (χ0v) is 18.2. The third-order valence-electron chi connectivity index (χ3n) is 4.37. The van der Waals surface area contributed by atoms with E-state index in [1.165, 1.54) is 0 Å². The Balaban J connectivity index is 1.48. The Morgan fingerprint density at radius 3 is 2.55 bits per heavy atom. The van der Waals surface area contributed by atoms with Gasteiger partial charge in [0.2, 0.25) is 0 Å². The standard InChI is InChI=1S/C20H23ClN6O4/c1-4-30-15-8-6-5-7-14(15)18(28)22-9-10-23-19(29)20-24-16(26-31-20)11-27-13(3)17(21)12(2)25-27/h5-8H,4,9-11H2,1-3H3,(H,22,28)(H,23,29). The number of nitrogens with one attached hydrogen (secondary N) is 2. The van der Waals surface area contributed by atoms with Crippen molar-refractivity contribution < 1.29 is 18.8 Å². The molecule has 2 amide bonds. The fraction of sp³-hybridized carbons (Fsp3) is 0.350. The first-order valence-corrected chi connectivity index (χ1v) is 10.1. The number of para-hydroxylation sites is 1. The molecule has 0 atom stereocenters. The minimum absolute atomic E-state index is 0.171. The lowest BCUT2D eigenvalue weighted by Crippen LogP contribution is -2.35. The van der Waals surface area contributed by atoms with E-state index in [0.717, 1.165) is 5.69 Å². The average molecular weight is 447 g/mol. The van der Waals surface area contributed by atoms with Crippen LogP contribution in [-0.4, -0.2) is 51.4 Å². The minimum atomic E-state index is -0.533. The molecule has 3 rings (SSSR count). The summed E-state index contributed by atoms with van der Waals surface area (Å²) >= 11 is 6.13. The molecule has 11 heteroatoms. The molecule has 0 aliphatic heterocycles. The van der Waals surface area contributed by atoms with E-state index >= 15 is 0 Å². The monoisotopic (exact) mass is 446 g/mol. The molecule has 0 aliphatic rings. The van der Waals surface area contributed by atoms with Crippen LogP contribution in [0.5, 0.6) is 5.75 Å². The van der Waals surface area contributed by atoms with Crippen LogP contribution in [0.3, 0.4) is 0 Å². The molecule has 0 bridgehead atoms. The molecule has 0 saturated carbocycles. The lowest BCUT2D eigenvalue weighted by Gasteiger charge is -2.10. The first-order chi connectivity index (χ1) is 14.9. The van der Waals surface area contributed by atoms with Crippen LogP contribution in [0.4, 0.5) is 0 Å². The van der Waals surface area contributed by atoms with Gasteiger partial charge in [-0.05, 0) is 32.9 Å². The molecule has 0 radical (unpaired) electrons. The van der Waals surface area contributed by atoms with Crippen LogP contribution in [-0.2, 0) is 6.54 Å². The topological polar surface area (TPSA) is 124 Å². The molecule has 164 valence electrons. The summed E-state index contributed by atoms with van der Waals surface area (Å²) in [6.07, 6.45) is 0. The normalized spacial score (nSPS) is 10.7. The van der Waals surface area contributed by atoms with Gasteiger partial charge in [-0.1, -0.05) is 28.9 Å². The smallest absolute Gasteiger partial charge is 0.316 e. The summed E-state index contributed by atoms with van der Waals surface area (Å²) in [4.78, 5) is 28.6. The highest BCUT2D eigenvalue weighted by atomic mass is 35.5. The quantitative estimate of drug-likeness (QED) is 0.482. The van der Waals surface area contributed by atoms with E-state index < -0.39 is 5.91 Å². The second kappa shape index (κ2) is 10.1. The Morgan fingerprint density at radius 1 is 1.16 bits per heavy atom. The second-order valence-electron chi connectivity index (χ2n) is 6.60. The van der Waals surface area contributed by atoms with Crippen LogP contribution in [0, 0.1) is 13.8 Å². The zero-order chi connectivity index (χ0) is 22.4. The summed E-state index contributed by atoms with van der Waals surface area (Å²) in [5, 5.41) is 14.0. The summed E-state index contributed by atoms with van der Waals surface area (Å²) in [5.41, 5.74) is 1.91. The van der Waals surface area contributed by atoms with Crippen molar-refractivity contribution in [3.05, 3.63) is 58.0 Å². The maximum atomic E-state index is 12.3. The van der Waals surface area contributed by atoms with Gasteiger partial charge in [0.05, 0.1) is 28.6 Å². The van der Waals surface area contributed by atoms with Crippen molar-refractivity contribution in [3.63, 3.8) is 0 Å². The number of rotatable bonds is 9. The highest BCUT2D eigenvalue weighted by Gasteiger charge is 2.17. The number of benzene rings is 1. The van der Waals surface area contributed by atoms with Gasteiger partial charge in [-0.25, -0.2) is 0 Å². The number of aromatic nitrogens is 4. The summed E-state index contributed by atoms with van der Waals surface area (Å²) in [5.74, 6) is -0.186. The van der Waals surface area contributed by atoms with E-state index in [4.69, 9.17) is 20.9 Å². The maximum Gasteiger partial charge on any atom is 0.316 e. The summed E-state index contributed by atoms with van der Waals surface area (Å²) in [7, 11) is 0. The highest BCUT2D eigenvalue weighted by molar-refractivity contribution is 6.31. The summed E-state index contributed by atoms with van der Waals surface area (Å²) in [6.45, 7) is 6.57. The van der Waals surface area contributed by atoms with Gasteiger partial charge in [-0.15, -0.1) is 0 Å². The van der Waals surface area contributed by atoms with Crippen LogP contribution >= 0.6 is 11.6 Å². The van der Waals surface area contributed by atoms with Crippen molar-refractivity contribution in [3.8, 4) is 5.75 Å². The first-order valence-electron chi connectivity index (χ1n) is 9.71. The molecule has 2 aromatic heterocycles. The molecular formula is C20H23ClN6O4. The van der Waals surface area contributed by atoms with Gasteiger partial charge in [0, 0.05) is 13.1 Å². The van der Waals surface area contributed by atoms with Gasteiger partial charge in [-0.3, -0.25) is 14.3 Å². The molecule has 10 nitrogen and oxygen atoms in total. The molecule has 1 aromatic carbocycles. The Morgan fingerprint density at radius 2 is 1.87 bits per heavy atom. The highest BCUT2D eigenvalue weighted by Crippen LogP contribution is 2.19. The number of halogens is 1. The summed E-state index contributed by atoms with van der Waals surface area (Å²) in [6, 6.07) is 6.96. The number of ether oxygens (including phenoxy) is 1. The molecule has 0 spiro atoms. The maximum absolute atomic E-state index is 12.3. The molecule has 2 heterocycles. The molecular weight excluding hydrogens is 424 g/mol. The summed E-state index contributed by atoms with van der Waals surface area (Å²) < 4.78 is 12.1. The number of nitrogens with zero attached hydrogens (tertiary/aromatic N) is 4. The van der Waals surface area contributed by atoms with E-state index in [9.17, 15) is 9.59 Å². The average Bonchev–Trinajstić information content (AvgIpc) is 3.32. The Bertz CT molecular complexity index is 1080. The largest absolute Gasteiger partial charge is 0.493 e. The van der Waals surface area contributed by atoms with Crippen LogP contribution < -0.4 is 15.4 Å². The van der Waals surface area contributed by atoms with E-state index in [0.29, 0.717) is 34.5 Å². The van der Waals surface area contributed by atoms with Gasteiger partial charge in [0.15, 0.2) is 5.82 Å². The van der Waals surface area contributed by atoms with Crippen molar-refractivity contribution in [2.45, 2.75) is 27.3 Å². The van der Waals surface area contributed by atoms with Gasteiger partial charge < -0.3 is 19.9 Å². The predicted molar refractivity (Wildman–Crippen MR) is 112 cm³/mol. The van der Waals surface area contributed by atoms with E-state index in [-0.39, 0.29) is 31.4 Å². The van der Waals surface area contributed by atoms with Gasteiger partial charge in [-0.2, -0.15) is 10.1 Å². The first kappa shape index (κ1) is 22.3. The lowest BCUT2D eigenvalue weighted by molar-refractivity contribution is 0.0897. The number of carbonyl (C=O) groups is 2. The molecule has 0 fully saturated rings. The van der Waals surface area contributed by atoms with Crippen LogP contribution in [0.2, 0.25) is 5.02 Å². The Kier molecular flexibility index (Phi) is 7.24. The third-order valence-corrected chi connectivity index (χ3v) is 4.92. The SMILES string of the molecule is CCOc1ccccc1C(=O)NCCNC(=O)c1nc(Cn2nc(C)c(Cl)c2C)no1. The van der Waals surface area contributed by atoms with Crippen molar-refractivity contribution in [1.82, 2.24) is 30.6 Å². The van der Waals surface area contributed by atoms with Gasteiger partial charge in [0.25, 0.3) is 5.91 Å². The van der Waals surface area contributed by atoms with E-state index in [1.54, 1.807) is 35.9 Å². The number of hydrogen-bond acceptors (Lipinski definition) is 7.